The molecule has 2 rings (SSSR count). The van der Waals surface area contributed by atoms with Crippen molar-refractivity contribution in [1.82, 2.24) is 0 Å². The van der Waals surface area contributed by atoms with E-state index in [-0.39, 0.29) is 5.82 Å². The number of benzene rings is 2. The fourth-order valence-electron chi connectivity index (χ4n) is 1.66. The summed E-state index contributed by atoms with van der Waals surface area (Å²) in [7, 11) is 0. The summed E-state index contributed by atoms with van der Waals surface area (Å²) in [5.41, 5.74) is 9.60. The summed E-state index contributed by atoms with van der Waals surface area (Å²) >= 11 is 3.41. The van der Waals surface area contributed by atoms with Gasteiger partial charge in [-0.25, -0.2) is 4.39 Å². The van der Waals surface area contributed by atoms with Gasteiger partial charge < -0.3 is 11.1 Å². The molecule has 2 nitrogen and oxygen atoms in total. The van der Waals surface area contributed by atoms with Gasteiger partial charge in [-0.05, 0) is 65.2 Å². The minimum Gasteiger partial charge on any atom is -0.398 e. The first-order valence-corrected chi connectivity index (χ1v) is 6.35. The Morgan fingerprint density at radius 2 is 1.83 bits per heavy atom. The number of anilines is 3. The summed E-state index contributed by atoms with van der Waals surface area (Å²) in [6, 6.07) is 8.79. The van der Waals surface area contributed by atoms with Crippen LogP contribution in [0.2, 0.25) is 0 Å². The van der Waals surface area contributed by atoms with Crippen LogP contribution >= 0.6 is 15.9 Å². The second-order valence-electron chi connectivity index (χ2n) is 4.30. The first kappa shape index (κ1) is 12.9. The molecule has 0 bridgehead atoms. The molecule has 0 aliphatic carbocycles. The highest BCUT2D eigenvalue weighted by molar-refractivity contribution is 9.10. The lowest BCUT2D eigenvalue weighted by Crippen LogP contribution is -1.97. The van der Waals surface area contributed by atoms with E-state index in [1.165, 1.54) is 6.07 Å². The van der Waals surface area contributed by atoms with Crippen molar-refractivity contribution in [2.45, 2.75) is 13.8 Å². The quantitative estimate of drug-likeness (QED) is 0.800. The molecule has 0 saturated heterocycles. The van der Waals surface area contributed by atoms with Gasteiger partial charge in [0.2, 0.25) is 0 Å². The van der Waals surface area contributed by atoms with Crippen molar-refractivity contribution in [2.75, 3.05) is 11.1 Å². The van der Waals surface area contributed by atoms with Gasteiger partial charge in [0.05, 0.1) is 11.4 Å². The van der Waals surface area contributed by atoms with E-state index in [1.807, 2.05) is 32.0 Å². The molecule has 0 heterocycles. The van der Waals surface area contributed by atoms with E-state index in [0.29, 0.717) is 11.4 Å². The predicted octanol–water partition coefficient (Wildman–Crippen LogP) is 4.53. The molecule has 0 amide bonds. The van der Waals surface area contributed by atoms with E-state index in [1.54, 1.807) is 6.07 Å². The molecule has 94 valence electrons. The Morgan fingerprint density at radius 3 is 2.50 bits per heavy atom. The van der Waals surface area contributed by atoms with Crippen molar-refractivity contribution < 1.29 is 4.39 Å². The summed E-state index contributed by atoms with van der Waals surface area (Å²) in [6.07, 6.45) is 0. The van der Waals surface area contributed by atoms with Gasteiger partial charge in [-0.3, -0.25) is 0 Å². The normalized spacial score (nSPS) is 10.4. The number of halogens is 2. The van der Waals surface area contributed by atoms with Gasteiger partial charge in [-0.2, -0.15) is 0 Å². The maximum Gasteiger partial charge on any atom is 0.146 e. The van der Waals surface area contributed by atoms with Gasteiger partial charge in [0, 0.05) is 10.2 Å². The molecule has 0 fully saturated rings. The van der Waals surface area contributed by atoms with E-state index >= 15 is 0 Å². The minimum absolute atomic E-state index is 0.267. The lowest BCUT2D eigenvalue weighted by molar-refractivity contribution is 0.630. The Bertz CT molecular complexity index is 597. The fraction of sp³-hybridized carbons (Fsp3) is 0.143. The molecular formula is C14H14BrFN2. The van der Waals surface area contributed by atoms with Crippen molar-refractivity contribution in [3.05, 3.63) is 51.7 Å². The molecule has 2 aromatic rings. The fourth-order valence-corrected chi connectivity index (χ4v) is 2.12. The molecule has 18 heavy (non-hydrogen) atoms. The van der Waals surface area contributed by atoms with Crippen LogP contribution < -0.4 is 11.1 Å². The van der Waals surface area contributed by atoms with Gasteiger partial charge >= 0.3 is 0 Å². The summed E-state index contributed by atoms with van der Waals surface area (Å²) in [6.45, 7) is 3.77. The molecule has 3 N–H and O–H groups in total. The predicted molar refractivity (Wildman–Crippen MR) is 77.7 cm³/mol. The Kier molecular flexibility index (Phi) is 3.57. The van der Waals surface area contributed by atoms with Crippen LogP contribution in [0.25, 0.3) is 0 Å². The Balaban J connectivity index is 2.37. The van der Waals surface area contributed by atoms with Crippen LogP contribution in [0.4, 0.5) is 21.5 Å². The van der Waals surface area contributed by atoms with E-state index in [0.717, 1.165) is 21.3 Å². The van der Waals surface area contributed by atoms with Gasteiger partial charge in [-0.1, -0.05) is 6.07 Å². The zero-order valence-corrected chi connectivity index (χ0v) is 11.8. The highest BCUT2D eigenvalue weighted by Gasteiger charge is 2.07. The Hall–Kier alpha value is -1.55. The summed E-state index contributed by atoms with van der Waals surface area (Å²) in [4.78, 5) is 0. The summed E-state index contributed by atoms with van der Waals surface area (Å²) in [5.74, 6) is -0.267. The van der Waals surface area contributed by atoms with Crippen molar-refractivity contribution in [3.8, 4) is 0 Å². The number of hydrogen-bond donors (Lipinski definition) is 2. The Morgan fingerprint density at radius 1 is 1.11 bits per heavy atom. The van der Waals surface area contributed by atoms with Crippen LogP contribution in [-0.2, 0) is 0 Å². The highest BCUT2D eigenvalue weighted by Crippen LogP contribution is 2.31. The molecule has 4 heteroatoms. The average molecular weight is 309 g/mol. The van der Waals surface area contributed by atoms with Crippen molar-refractivity contribution in [1.29, 1.82) is 0 Å². The molecule has 0 radical (unpaired) electrons. The van der Waals surface area contributed by atoms with Crippen molar-refractivity contribution >= 4 is 33.0 Å². The number of aryl methyl sites for hydroxylation is 2. The molecule has 0 aliphatic heterocycles. The lowest BCUT2D eigenvalue weighted by Gasteiger charge is -2.12. The third kappa shape index (κ3) is 2.64. The lowest BCUT2D eigenvalue weighted by atomic mass is 10.1. The van der Waals surface area contributed by atoms with Crippen LogP contribution in [-0.4, -0.2) is 0 Å². The first-order chi connectivity index (χ1) is 8.47. The van der Waals surface area contributed by atoms with Crippen molar-refractivity contribution in [2.24, 2.45) is 0 Å². The molecule has 0 unspecified atom stereocenters. The van der Waals surface area contributed by atoms with E-state index < -0.39 is 0 Å². The van der Waals surface area contributed by atoms with E-state index in [4.69, 9.17) is 5.73 Å². The van der Waals surface area contributed by atoms with Crippen LogP contribution in [0.3, 0.4) is 0 Å². The van der Waals surface area contributed by atoms with Crippen LogP contribution in [0, 0.1) is 19.7 Å². The monoisotopic (exact) mass is 308 g/mol. The molecule has 0 saturated carbocycles. The van der Waals surface area contributed by atoms with E-state index in [9.17, 15) is 4.39 Å². The molecule has 0 spiro atoms. The number of nitrogens with two attached hydrogens (primary N) is 1. The van der Waals surface area contributed by atoms with Crippen LogP contribution in [0.5, 0.6) is 0 Å². The molecule has 0 aliphatic rings. The van der Waals surface area contributed by atoms with Crippen molar-refractivity contribution in [3.63, 3.8) is 0 Å². The smallest absolute Gasteiger partial charge is 0.146 e. The topological polar surface area (TPSA) is 38.0 Å². The summed E-state index contributed by atoms with van der Waals surface area (Å²) < 4.78 is 14.6. The molecule has 0 aromatic heterocycles. The number of nitrogen functional groups attached to an aromatic ring is 1. The van der Waals surface area contributed by atoms with Crippen LogP contribution in [0.1, 0.15) is 11.1 Å². The summed E-state index contributed by atoms with van der Waals surface area (Å²) in [5, 5.41) is 3.06. The zero-order chi connectivity index (χ0) is 13.3. The number of hydrogen-bond acceptors (Lipinski definition) is 2. The largest absolute Gasteiger partial charge is 0.398 e. The average Bonchev–Trinajstić information content (AvgIpc) is 2.29. The van der Waals surface area contributed by atoms with Crippen LogP contribution in [0.15, 0.2) is 34.8 Å². The maximum absolute atomic E-state index is 13.7. The molecule has 2 aromatic carbocycles. The minimum atomic E-state index is -0.267. The second-order valence-corrected chi connectivity index (χ2v) is 5.15. The molecular weight excluding hydrogens is 295 g/mol. The zero-order valence-electron chi connectivity index (χ0n) is 10.2. The second kappa shape index (κ2) is 4.98. The SMILES string of the molecule is Cc1ccc(Nc2cc(C)c(N)cc2Br)c(F)c1. The van der Waals surface area contributed by atoms with Gasteiger partial charge in [-0.15, -0.1) is 0 Å². The third-order valence-corrected chi connectivity index (χ3v) is 3.41. The Labute approximate surface area is 114 Å². The maximum atomic E-state index is 13.7. The van der Waals surface area contributed by atoms with Gasteiger partial charge in [0.15, 0.2) is 0 Å². The number of rotatable bonds is 2. The number of nitrogens with one attached hydrogen (secondary N) is 1. The highest BCUT2D eigenvalue weighted by atomic mass is 79.9. The van der Waals surface area contributed by atoms with Gasteiger partial charge in [0.1, 0.15) is 5.82 Å². The first-order valence-electron chi connectivity index (χ1n) is 5.56. The van der Waals surface area contributed by atoms with Gasteiger partial charge in [0.25, 0.3) is 0 Å². The molecule has 0 atom stereocenters. The van der Waals surface area contributed by atoms with E-state index in [2.05, 4.69) is 21.2 Å². The standard InChI is InChI=1S/C14H14BrFN2/c1-8-3-4-13(11(16)5-8)18-14-6-9(2)12(17)7-10(14)15/h3-7,18H,17H2,1-2H3. The third-order valence-electron chi connectivity index (χ3n) is 2.75.